The molecule has 0 aliphatic heterocycles. The minimum Gasteiger partial charge on any atom is -0.293 e. The molecule has 0 N–H and O–H groups in total. The Hall–Kier alpha value is -1.15. The number of aryl methyl sites for hydroxylation is 1. The molecular weight excluding hydrogens is 336 g/mol. The molecule has 2 rings (SSSR count). The average molecular weight is 361 g/mol. The number of carbonyl (C=O) groups excluding carboxylic acids is 1. The molecule has 0 amide bonds. The Morgan fingerprint density at radius 2 is 1.59 bits per heavy atom. The molecule has 2 heteroatoms. The van der Waals surface area contributed by atoms with Crippen LogP contribution in [0.3, 0.4) is 0 Å². The fraction of sp³-hybridized carbons (Fsp3) is 0.450. The molecule has 0 atom stereocenters. The summed E-state index contributed by atoms with van der Waals surface area (Å²) in [6, 6.07) is 12.4. The fourth-order valence-corrected chi connectivity index (χ4v) is 3.29. The van der Waals surface area contributed by atoms with Crippen molar-refractivity contribution in [3.8, 4) is 0 Å². The van der Waals surface area contributed by atoms with Crippen LogP contribution >= 0.6 is 15.9 Å². The maximum atomic E-state index is 12.1. The van der Waals surface area contributed by atoms with Crippen molar-refractivity contribution in [2.45, 2.75) is 51.9 Å². The lowest BCUT2D eigenvalue weighted by molar-refractivity contribution is 0.102. The lowest BCUT2D eigenvalue weighted by Gasteiger charge is -2.10. The summed E-state index contributed by atoms with van der Waals surface area (Å²) in [5.41, 5.74) is 2.20. The van der Waals surface area contributed by atoms with Gasteiger partial charge in [0.1, 0.15) is 0 Å². The topological polar surface area (TPSA) is 17.1 Å². The van der Waals surface area contributed by atoms with E-state index in [2.05, 4.69) is 47.1 Å². The number of unbranched alkanes of at least 4 members (excludes halogenated alkanes) is 5. The van der Waals surface area contributed by atoms with E-state index in [9.17, 15) is 4.79 Å². The molecule has 0 aromatic heterocycles. The lowest BCUT2D eigenvalue weighted by atomic mass is 9.94. The van der Waals surface area contributed by atoms with Crippen molar-refractivity contribution in [3.63, 3.8) is 0 Å². The molecule has 1 nitrogen and oxygen atoms in total. The van der Waals surface area contributed by atoms with Gasteiger partial charge in [-0.15, -0.1) is 0 Å². The number of hydrogen-bond acceptors (Lipinski definition) is 1. The van der Waals surface area contributed by atoms with E-state index in [0.29, 0.717) is 5.33 Å². The Bertz CT molecular complexity index is 618. The highest BCUT2D eigenvalue weighted by molar-refractivity contribution is 9.09. The first-order chi connectivity index (χ1) is 10.8. The highest BCUT2D eigenvalue weighted by Crippen LogP contribution is 2.25. The van der Waals surface area contributed by atoms with Crippen LogP contribution in [-0.2, 0) is 6.42 Å². The van der Waals surface area contributed by atoms with Gasteiger partial charge in [-0.2, -0.15) is 0 Å². The van der Waals surface area contributed by atoms with Crippen molar-refractivity contribution < 1.29 is 4.79 Å². The summed E-state index contributed by atoms with van der Waals surface area (Å²) < 4.78 is 0. The van der Waals surface area contributed by atoms with Crippen molar-refractivity contribution in [1.29, 1.82) is 0 Å². The van der Waals surface area contributed by atoms with Crippen molar-refractivity contribution in [3.05, 3.63) is 47.5 Å². The maximum Gasteiger partial charge on any atom is 0.173 e. The monoisotopic (exact) mass is 360 g/mol. The van der Waals surface area contributed by atoms with Gasteiger partial charge in [-0.05, 0) is 29.2 Å². The van der Waals surface area contributed by atoms with E-state index in [4.69, 9.17) is 0 Å². The second-order valence-corrected chi connectivity index (χ2v) is 6.45. The molecule has 0 heterocycles. The molecule has 0 fully saturated rings. The number of alkyl halides is 1. The second kappa shape index (κ2) is 9.09. The summed E-state index contributed by atoms with van der Waals surface area (Å²) >= 11 is 3.28. The van der Waals surface area contributed by atoms with Crippen molar-refractivity contribution in [1.82, 2.24) is 0 Å². The number of carbonyl (C=O) groups is 1. The molecule has 0 aliphatic rings. The van der Waals surface area contributed by atoms with Crippen LogP contribution < -0.4 is 0 Å². The fourth-order valence-electron chi connectivity index (χ4n) is 2.99. The number of rotatable bonds is 9. The molecule has 22 heavy (non-hydrogen) atoms. The van der Waals surface area contributed by atoms with Crippen LogP contribution in [0.1, 0.15) is 61.4 Å². The minimum atomic E-state index is 0.155. The molecule has 118 valence electrons. The van der Waals surface area contributed by atoms with E-state index in [1.165, 1.54) is 49.5 Å². The van der Waals surface area contributed by atoms with Gasteiger partial charge in [-0.1, -0.05) is 91.4 Å². The number of benzene rings is 2. The highest BCUT2D eigenvalue weighted by atomic mass is 79.9. The van der Waals surface area contributed by atoms with Crippen LogP contribution in [0.5, 0.6) is 0 Å². The van der Waals surface area contributed by atoms with Gasteiger partial charge in [-0.3, -0.25) is 4.79 Å². The van der Waals surface area contributed by atoms with Gasteiger partial charge in [-0.25, -0.2) is 0 Å². The van der Waals surface area contributed by atoms with Crippen molar-refractivity contribution in [2.24, 2.45) is 0 Å². The molecule has 0 bridgehead atoms. The molecule has 0 aliphatic carbocycles. The van der Waals surface area contributed by atoms with Crippen LogP contribution in [0.2, 0.25) is 0 Å². The zero-order valence-electron chi connectivity index (χ0n) is 13.4. The van der Waals surface area contributed by atoms with Gasteiger partial charge in [0.15, 0.2) is 5.78 Å². The first-order valence-electron chi connectivity index (χ1n) is 8.37. The number of ketones is 1. The van der Waals surface area contributed by atoms with E-state index >= 15 is 0 Å². The van der Waals surface area contributed by atoms with Crippen LogP contribution in [0.25, 0.3) is 10.8 Å². The molecule has 0 spiro atoms. The van der Waals surface area contributed by atoms with Crippen molar-refractivity contribution >= 4 is 32.5 Å². The van der Waals surface area contributed by atoms with Crippen LogP contribution in [0.15, 0.2) is 36.4 Å². The van der Waals surface area contributed by atoms with Gasteiger partial charge in [0, 0.05) is 5.56 Å². The maximum absolute atomic E-state index is 12.1. The quantitative estimate of drug-likeness (QED) is 0.290. The highest BCUT2D eigenvalue weighted by Gasteiger charge is 2.10. The first kappa shape index (κ1) is 17.2. The molecule has 0 radical (unpaired) electrons. The van der Waals surface area contributed by atoms with Crippen LogP contribution in [0, 0.1) is 0 Å². The summed E-state index contributed by atoms with van der Waals surface area (Å²) in [5, 5.41) is 2.71. The molecule has 0 saturated carbocycles. The van der Waals surface area contributed by atoms with Gasteiger partial charge < -0.3 is 0 Å². The summed E-state index contributed by atoms with van der Waals surface area (Å²) in [7, 11) is 0. The Balaban J connectivity index is 2.09. The molecule has 2 aromatic carbocycles. The van der Waals surface area contributed by atoms with Gasteiger partial charge in [0.25, 0.3) is 0 Å². The average Bonchev–Trinajstić information content (AvgIpc) is 2.57. The third kappa shape index (κ3) is 4.42. The van der Waals surface area contributed by atoms with Gasteiger partial charge in [0.2, 0.25) is 0 Å². The summed E-state index contributed by atoms with van der Waals surface area (Å²) in [4.78, 5) is 12.1. The molecular formula is C20H25BrO. The Morgan fingerprint density at radius 1 is 0.909 bits per heavy atom. The summed E-state index contributed by atoms with van der Waals surface area (Å²) in [6.07, 6.45) is 8.99. The van der Waals surface area contributed by atoms with E-state index < -0.39 is 0 Å². The van der Waals surface area contributed by atoms with Crippen LogP contribution in [-0.4, -0.2) is 11.1 Å². The third-order valence-corrected chi connectivity index (χ3v) is 4.75. The second-order valence-electron chi connectivity index (χ2n) is 5.89. The standard InChI is InChI=1S/C20H25BrO/c1-2-3-4-5-6-7-10-16-13-14-19(20(22)15-21)18-12-9-8-11-17(16)18/h8-9,11-14H,2-7,10,15H2,1H3. The summed E-state index contributed by atoms with van der Waals surface area (Å²) in [6.45, 7) is 2.25. The number of halogens is 1. The third-order valence-electron chi connectivity index (χ3n) is 4.24. The molecule has 2 aromatic rings. The van der Waals surface area contributed by atoms with E-state index in [-0.39, 0.29) is 5.78 Å². The predicted octanol–water partition coefficient (Wildman–Crippen LogP) is 6.32. The van der Waals surface area contributed by atoms with E-state index in [1.807, 2.05) is 12.1 Å². The number of hydrogen-bond donors (Lipinski definition) is 0. The molecule has 0 saturated heterocycles. The largest absolute Gasteiger partial charge is 0.293 e. The van der Waals surface area contributed by atoms with Gasteiger partial charge in [0.05, 0.1) is 5.33 Å². The SMILES string of the molecule is CCCCCCCCc1ccc(C(=O)CBr)c2ccccc12. The predicted molar refractivity (Wildman–Crippen MR) is 99.2 cm³/mol. The van der Waals surface area contributed by atoms with Gasteiger partial charge >= 0.3 is 0 Å². The summed E-state index contributed by atoms with van der Waals surface area (Å²) in [5.74, 6) is 0.155. The van der Waals surface area contributed by atoms with E-state index in [0.717, 1.165) is 17.4 Å². The van der Waals surface area contributed by atoms with Crippen molar-refractivity contribution in [2.75, 3.05) is 5.33 Å². The Morgan fingerprint density at radius 3 is 2.32 bits per heavy atom. The molecule has 0 unspecified atom stereocenters. The number of Topliss-reactive ketones (excluding diaryl/α,β-unsaturated/α-hetero) is 1. The first-order valence-corrected chi connectivity index (χ1v) is 9.50. The number of fused-ring (bicyclic) bond motifs is 1. The Labute approximate surface area is 142 Å². The smallest absolute Gasteiger partial charge is 0.173 e. The minimum absolute atomic E-state index is 0.155. The zero-order chi connectivity index (χ0) is 15.8. The zero-order valence-corrected chi connectivity index (χ0v) is 15.0. The Kier molecular flexibility index (Phi) is 7.11. The normalized spacial score (nSPS) is 11.0. The van der Waals surface area contributed by atoms with E-state index in [1.54, 1.807) is 0 Å². The van der Waals surface area contributed by atoms with Crippen LogP contribution in [0.4, 0.5) is 0 Å². The lowest BCUT2D eigenvalue weighted by Crippen LogP contribution is -2.02.